The molecule has 0 saturated carbocycles. The van der Waals surface area contributed by atoms with Crippen LogP contribution in [0.5, 0.6) is 0 Å². The number of nitrogens with one attached hydrogen (secondary N) is 1. The molecule has 0 radical (unpaired) electrons. The SMILES string of the molecule is CCSCCCNc1ccc(-n2ccnc2)nc1. The number of anilines is 1. The van der Waals surface area contributed by atoms with Gasteiger partial charge in [-0.1, -0.05) is 6.92 Å². The van der Waals surface area contributed by atoms with Gasteiger partial charge in [0.2, 0.25) is 0 Å². The predicted octanol–water partition coefficient (Wildman–Crippen LogP) is 2.82. The van der Waals surface area contributed by atoms with Crippen LogP contribution in [0.3, 0.4) is 0 Å². The maximum atomic E-state index is 4.39. The molecule has 5 heteroatoms. The van der Waals surface area contributed by atoms with Crippen LogP contribution in [0, 0.1) is 0 Å². The van der Waals surface area contributed by atoms with Crippen LogP contribution in [0.25, 0.3) is 5.82 Å². The molecule has 0 aliphatic rings. The van der Waals surface area contributed by atoms with Crippen LogP contribution in [0.15, 0.2) is 37.1 Å². The molecule has 4 nitrogen and oxygen atoms in total. The Balaban J connectivity index is 1.81. The smallest absolute Gasteiger partial charge is 0.137 e. The van der Waals surface area contributed by atoms with Crippen molar-refractivity contribution in [1.82, 2.24) is 14.5 Å². The zero-order chi connectivity index (χ0) is 12.6. The van der Waals surface area contributed by atoms with Crippen LogP contribution >= 0.6 is 11.8 Å². The molecule has 0 aliphatic carbocycles. The van der Waals surface area contributed by atoms with E-state index in [0.717, 1.165) is 18.1 Å². The lowest BCUT2D eigenvalue weighted by molar-refractivity contribution is 0.973. The summed E-state index contributed by atoms with van der Waals surface area (Å²) >= 11 is 1.98. The van der Waals surface area contributed by atoms with Gasteiger partial charge >= 0.3 is 0 Å². The first-order valence-corrected chi connectivity index (χ1v) is 7.31. The van der Waals surface area contributed by atoms with Gasteiger partial charge in [0, 0.05) is 18.9 Å². The molecule has 2 heterocycles. The summed E-state index contributed by atoms with van der Waals surface area (Å²) in [5.74, 6) is 3.30. The van der Waals surface area contributed by atoms with Crippen molar-refractivity contribution in [2.75, 3.05) is 23.4 Å². The van der Waals surface area contributed by atoms with E-state index in [4.69, 9.17) is 0 Å². The van der Waals surface area contributed by atoms with Gasteiger partial charge in [-0.15, -0.1) is 0 Å². The highest BCUT2D eigenvalue weighted by Crippen LogP contribution is 2.10. The van der Waals surface area contributed by atoms with Crippen molar-refractivity contribution in [2.45, 2.75) is 13.3 Å². The Morgan fingerprint density at radius 1 is 1.39 bits per heavy atom. The summed E-state index contributed by atoms with van der Waals surface area (Å²) in [4.78, 5) is 8.40. The van der Waals surface area contributed by atoms with Crippen molar-refractivity contribution in [3.63, 3.8) is 0 Å². The summed E-state index contributed by atoms with van der Waals surface area (Å²) in [5.41, 5.74) is 1.07. The Bertz CT molecular complexity index is 439. The quantitative estimate of drug-likeness (QED) is 0.779. The summed E-state index contributed by atoms with van der Waals surface area (Å²) in [7, 11) is 0. The minimum absolute atomic E-state index is 0.889. The van der Waals surface area contributed by atoms with Gasteiger partial charge in [-0.05, 0) is 30.1 Å². The summed E-state index contributed by atoms with van der Waals surface area (Å²) in [6.45, 7) is 3.19. The molecule has 96 valence electrons. The fourth-order valence-corrected chi connectivity index (χ4v) is 2.23. The number of nitrogens with zero attached hydrogens (tertiary/aromatic N) is 3. The first kappa shape index (κ1) is 13.0. The molecular weight excluding hydrogens is 244 g/mol. The lowest BCUT2D eigenvalue weighted by Crippen LogP contribution is -2.03. The topological polar surface area (TPSA) is 42.7 Å². The third kappa shape index (κ3) is 3.77. The molecule has 0 aliphatic heterocycles. The van der Waals surface area contributed by atoms with E-state index in [2.05, 4.69) is 28.3 Å². The van der Waals surface area contributed by atoms with Gasteiger partial charge in [0.05, 0.1) is 11.9 Å². The van der Waals surface area contributed by atoms with Crippen LogP contribution in [-0.2, 0) is 0 Å². The second-order valence-electron chi connectivity index (χ2n) is 3.85. The molecular formula is C13H18N4S. The Morgan fingerprint density at radius 3 is 3.00 bits per heavy atom. The molecule has 0 atom stereocenters. The van der Waals surface area contributed by atoms with Gasteiger partial charge in [-0.25, -0.2) is 9.97 Å². The molecule has 18 heavy (non-hydrogen) atoms. The van der Waals surface area contributed by atoms with Gasteiger partial charge in [0.1, 0.15) is 12.1 Å². The number of rotatable bonds is 7. The van der Waals surface area contributed by atoms with Gasteiger partial charge in [0.25, 0.3) is 0 Å². The van der Waals surface area contributed by atoms with Gasteiger partial charge in [0.15, 0.2) is 0 Å². The van der Waals surface area contributed by atoms with Crippen LogP contribution in [0.2, 0.25) is 0 Å². The molecule has 0 bridgehead atoms. The monoisotopic (exact) mass is 262 g/mol. The molecule has 0 saturated heterocycles. The molecule has 2 rings (SSSR count). The number of pyridine rings is 1. The maximum absolute atomic E-state index is 4.39. The number of imidazole rings is 1. The number of aromatic nitrogens is 3. The van der Waals surface area contributed by atoms with Crippen LogP contribution in [-0.4, -0.2) is 32.6 Å². The summed E-state index contributed by atoms with van der Waals surface area (Å²) in [6, 6.07) is 4.04. The third-order valence-electron chi connectivity index (χ3n) is 2.52. The summed E-state index contributed by atoms with van der Waals surface area (Å²) in [6.07, 6.45) is 8.43. The Kier molecular flexibility index (Phi) is 5.08. The van der Waals surface area contributed by atoms with E-state index in [1.165, 1.54) is 17.9 Å². The number of hydrogen-bond acceptors (Lipinski definition) is 4. The highest BCUT2D eigenvalue weighted by Gasteiger charge is 1.97. The van der Waals surface area contributed by atoms with Crippen molar-refractivity contribution in [3.05, 3.63) is 37.1 Å². The summed E-state index contributed by atoms with van der Waals surface area (Å²) < 4.78 is 1.89. The highest BCUT2D eigenvalue weighted by atomic mass is 32.2. The van der Waals surface area contributed by atoms with E-state index >= 15 is 0 Å². The number of hydrogen-bond donors (Lipinski definition) is 1. The maximum Gasteiger partial charge on any atom is 0.137 e. The zero-order valence-corrected chi connectivity index (χ0v) is 11.4. The van der Waals surface area contributed by atoms with Gasteiger partial charge in [-0.3, -0.25) is 4.57 Å². The van der Waals surface area contributed by atoms with Crippen LogP contribution in [0.4, 0.5) is 5.69 Å². The Labute approximate surface area is 112 Å². The molecule has 0 unspecified atom stereocenters. The lowest BCUT2D eigenvalue weighted by atomic mass is 10.4. The first-order chi connectivity index (χ1) is 8.90. The molecule has 0 fully saturated rings. The van der Waals surface area contributed by atoms with Crippen LogP contribution in [0.1, 0.15) is 13.3 Å². The fraction of sp³-hybridized carbons (Fsp3) is 0.385. The van der Waals surface area contributed by atoms with Gasteiger partial charge < -0.3 is 5.32 Å². The van der Waals surface area contributed by atoms with E-state index in [0.29, 0.717) is 0 Å². The van der Waals surface area contributed by atoms with Crippen molar-refractivity contribution in [2.24, 2.45) is 0 Å². The van der Waals surface area contributed by atoms with E-state index in [1.807, 2.05) is 34.8 Å². The summed E-state index contributed by atoms with van der Waals surface area (Å²) in [5, 5.41) is 3.38. The molecule has 2 aromatic heterocycles. The minimum atomic E-state index is 0.889. The predicted molar refractivity (Wildman–Crippen MR) is 77.5 cm³/mol. The van der Waals surface area contributed by atoms with Crippen molar-refractivity contribution in [3.8, 4) is 5.82 Å². The first-order valence-electron chi connectivity index (χ1n) is 6.16. The normalized spacial score (nSPS) is 10.5. The largest absolute Gasteiger partial charge is 0.384 e. The van der Waals surface area contributed by atoms with E-state index in [9.17, 15) is 0 Å². The van der Waals surface area contributed by atoms with E-state index in [-0.39, 0.29) is 0 Å². The van der Waals surface area contributed by atoms with Gasteiger partial charge in [-0.2, -0.15) is 11.8 Å². The van der Waals surface area contributed by atoms with Crippen molar-refractivity contribution >= 4 is 17.4 Å². The zero-order valence-electron chi connectivity index (χ0n) is 10.5. The van der Waals surface area contributed by atoms with Crippen LogP contribution < -0.4 is 5.32 Å². The van der Waals surface area contributed by atoms with E-state index < -0.39 is 0 Å². The third-order valence-corrected chi connectivity index (χ3v) is 3.50. The Hall–Kier alpha value is -1.49. The standard InChI is InChI=1S/C13H18N4S/c1-2-18-9-3-6-15-12-4-5-13(16-10-12)17-8-7-14-11-17/h4-5,7-8,10-11,15H,2-3,6,9H2,1H3. The van der Waals surface area contributed by atoms with E-state index in [1.54, 1.807) is 12.5 Å². The molecule has 2 aromatic rings. The second kappa shape index (κ2) is 7.06. The Morgan fingerprint density at radius 2 is 2.33 bits per heavy atom. The van der Waals surface area contributed by atoms with Crippen molar-refractivity contribution < 1.29 is 0 Å². The lowest BCUT2D eigenvalue weighted by Gasteiger charge is -2.06. The fourth-order valence-electron chi connectivity index (χ4n) is 1.59. The highest BCUT2D eigenvalue weighted by molar-refractivity contribution is 7.99. The average molecular weight is 262 g/mol. The minimum Gasteiger partial charge on any atom is -0.384 e. The molecule has 0 amide bonds. The molecule has 0 spiro atoms. The molecule has 0 aromatic carbocycles. The average Bonchev–Trinajstić information content (AvgIpc) is 2.93. The van der Waals surface area contributed by atoms with Crippen molar-refractivity contribution in [1.29, 1.82) is 0 Å². The second-order valence-corrected chi connectivity index (χ2v) is 5.25. The molecule has 1 N–H and O–H groups in total. The number of thioether (sulfide) groups is 1.